The van der Waals surface area contributed by atoms with Gasteiger partial charge in [0.15, 0.2) is 0 Å². The molecule has 0 bridgehead atoms. The van der Waals surface area contributed by atoms with E-state index in [-0.39, 0.29) is 5.97 Å². The highest BCUT2D eigenvalue weighted by Crippen LogP contribution is 2.16. The molecule has 0 aromatic carbocycles. The molecule has 0 amide bonds. The minimum atomic E-state index is 0.0102. The molecule has 0 saturated heterocycles. The van der Waals surface area contributed by atoms with Crippen LogP contribution in [0.5, 0.6) is 0 Å². The number of rotatable bonds is 41. The van der Waals surface area contributed by atoms with Crippen molar-refractivity contribution in [3.8, 4) is 0 Å². The van der Waals surface area contributed by atoms with Gasteiger partial charge in [-0.3, -0.25) is 4.79 Å². The molecule has 0 radical (unpaired) electrons. The van der Waals surface area contributed by atoms with Crippen LogP contribution < -0.4 is 0 Å². The van der Waals surface area contributed by atoms with Crippen LogP contribution in [0.1, 0.15) is 251 Å². The van der Waals surface area contributed by atoms with Crippen molar-refractivity contribution >= 4 is 5.97 Å². The molecule has 0 fully saturated rings. The van der Waals surface area contributed by atoms with Crippen LogP contribution in [0.4, 0.5) is 0 Å². The molecule has 2 nitrogen and oxygen atoms in total. The zero-order chi connectivity index (χ0) is 35.4. The van der Waals surface area contributed by atoms with Gasteiger partial charge in [0, 0.05) is 6.42 Å². The van der Waals surface area contributed by atoms with Crippen molar-refractivity contribution < 1.29 is 9.53 Å². The number of allylic oxidation sites excluding steroid dienone is 6. The largest absolute Gasteiger partial charge is 0.466 e. The zero-order valence-electron chi connectivity index (χ0n) is 33.7. The van der Waals surface area contributed by atoms with Crippen molar-refractivity contribution in [3.63, 3.8) is 0 Å². The van der Waals surface area contributed by atoms with Crippen molar-refractivity contribution in [1.82, 2.24) is 0 Å². The second-order valence-electron chi connectivity index (χ2n) is 15.0. The Morgan fingerprint density at radius 2 is 0.694 bits per heavy atom. The number of ether oxygens (including phenoxy) is 1. The summed E-state index contributed by atoms with van der Waals surface area (Å²) < 4.78 is 5.46. The van der Waals surface area contributed by atoms with E-state index in [1.807, 2.05) is 0 Å². The molecule has 0 spiro atoms. The van der Waals surface area contributed by atoms with Crippen molar-refractivity contribution in [1.29, 1.82) is 0 Å². The molecular weight excluding hydrogens is 597 g/mol. The zero-order valence-corrected chi connectivity index (χ0v) is 33.7. The lowest BCUT2D eigenvalue weighted by atomic mass is 10.0. The van der Waals surface area contributed by atoms with Gasteiger partial charge >= 0.3 is 5.97 Å². The molecule has 0 aliphatic carbocycles. The predicted octanol–water partition coefficient (Wildman–Crippen LogP) is 16.7. The molecule has 0 heterocycles. The minimum absolute atomic E-state index is 0.0102. The van der Waals surface area contributed by atoms with E-state index in [2.05, 4.69) is 50.3 Å². The average Bonchev–Trinajstić information content (AvgIpc) is 3.11. The molecule has 2 heteroatoms. The Hall–Kier alpha value is -1.31. The van der Waals surface area contributed by atoms with E-state index in [9.17, 15) is 4.79 Å². The molecule has 0 N–H and O–H groups in total. The third kappa shape index (κ3) is 44.7. The summed E-state index contributed by atoms with van der Waals surface area (Å²) in [6.07, 6.45) is 62.6. The quantitative estimate of drug-likeness (QED) is 0.0364. The van der Waals surface area contributed by atoms with Gasteiger partial charge in [0.2, 0.25) is 0 Å². The van der Waals surface area contributed by atoms with Gasteiger partial charge in [0.1, 0.15) is 0 Å². The summed E-state index contributed by atoms with van der Waals surface area (Å²) in [5.41, 5.74) is 0. The lowest BCUT2D eigenvalue weighted by molar-refractivity contribution is -0.143. The Labute approximate surface area is 309 Å². The van der Waals surface area contributed by atoms with Crippen LogP contribution in [-0.2, 0) is 9.53 Å². The molecule has 0 rings (SSSR count). The van der Waals surface area contributed by atoms with Gasteiger partial charge in [0.25, 0.3) is 0 Å². The average molecular weight is 685 g/mol. The van der Waals surface area contributed by atoms with Crippen LogP contribution >= 0.6 is 0 Å². The molecule has 0 unspecified atom stereocenters. The molecular formula is C47H88O2. The maximum Gasteiger partial charge on any atom is 0.305 e. The van der Waals surface area contributed by atoms with Crippen molar-refractivity contribution in [2.45, 2.75) is 251 Å². The maximum atomic E-state index is 12.0. The first-order valence-electron chi connectivity index (χ1n) is 22.4. The van der Waals surface area contributed by atoms with Gasteiger partial charge in [0.05, 0.1) is 6.61 Å². The van der Waals surface area contributed by atoms with Crippen molar-refractivity contribution in [2.75, 3.05) is 6.61 Å². The standard InChI is InChI=1S/C47H88O2/c1-3-5-7-9-11-13-15-17-19-20-21-22-23-24-25-26-27-28-29-30-32-34-36-38-40-42-44-46-49-47(48)45-43-41-39-37-35-33-31-18-16-14-12-10-8-6-4-2/h6,8,12,14,18,31H,3-5,7,9-11,13,15-17,19-30,32-46H2,1-2H3/b8-6-,14-12-,31-18-. The van der Waals surface area contributed by atoms with Crippen molar-refractivity contribution in [2.24, 2.45) is 0 Å². The van der Waals surface area contributed by atoms with Crippen LogP contribution in [0.15, 0.2) is 36.5 Å². The lowest BCUT2D eigenvalue weighted by Gasteiger charge is -2.06. The fourth-order valence-electron chi connectivity index (χ4n) is 6.74. The second-order valence-corrected chi connectivity index (χ2v) is 15.0. The number of carbonyl (C=O) groups is 1. The van der Waals surface area contributed by atoms with E-state index in [1.165, 1.54) is 193 Å². The fraction of sp³-hybridized carbons (Fsp3) is 0.851. The van der Waals surface area contributed by atoms with E-state index in [0.717, 1.165) is 38.5 Å². The second kappa shape index (κ2) is 44.7. The molecule has 0 aromatic rings. The highest BCUT2D eigenvalue weighted by molar-refractivity contribution is 5.69. The number of carbonyl (C=O) groups excluding carboxylic acids is 1. The van der Waals surface area contributed by atoms with Crippen LogP contribution in [0.3, 0.4) is 0 Å². The Morgan fingerprint density at radius 1 is 0.367 bits per heavy atom. The molecule has 49 heavy (non-hydrogen) atoms. The summed E-state index contributed by atoms with van der Waals surface area (Å²) in [5.74, 6) is 0.0102. The van der Waals surface area contributed by atoms with Crippen LogP contribution in [0, 0.1) is 0 Å². The van der Waals surface area contributed by atoms with E-state index in [0.29, 0.717) is 13.0 Å². The summed E-state index contributed by atoms with van der Waals surface area (Å²) in [6.45, 7) is 5.09. The first kappa shape index (κ1) is 47.7. The molecule has 0 aliphatic heterocycles. The molecule has 0 aromatic heterocycles. The minimum Gasteiger partial charge on any atom is -0.466 e. The van der Waals surface area contributed by atoms with E-state index >= 15 is 0 Å². The van der Waals surface area contributed by atoms with Gasteiger partial charge in [-0.1, -0.05) is 237 Å². The van der Waals surface area contributed by atoms with Crippen molar-refractivity contribution in [3.05, 3.63) is 36.5 Å². The number of unbranched alkanes of at least 4 members (excludes halogenated alkanes) is 31. The smallest absolute Gasteiger partial charge is 0.305 e. The normalized spacial score (nSPS) is 12.0. The molecule has 0 aliphatic rings. The predicted molar refractivity (Wildman–Crippen MR) is 221 cm³/mol. The third-order valence-electron chi connectivity index (χ3n) is 10.0. The Bertz CT molecular complexity index is 705. The Morgan fingerprint density at radius 3 is 1.10 bits per heavy atom. The molecule has 0 saturated carbocycles. The number of hydrogen-bond donors (Lipinski definition) is 0. The lowest BCUT2D eigenvalue weighted by Crippen LogP contribution is -2.05. The van der Waals surface area contributed by atoms with Gasteiger partial charge < -0.3 is 4.74 Å². The van der Waals surface area contributed by atoms with E-state index in [4.69, 9.17) is 4.74 Å². The SMILES string of the molecule is CC/C=C\C/C=C\C/C=C\CCCCCCCC(=O)OCCCCCCCCCCCCCCCCCCCCCCCCCCCCC. The number of esters is 1. The summed E-state index contributed by atoms with van der Waals surface area (Å²) in [7, 11) is 0. The fourth-order valence-corrected chi connectivity index (χ4v) is 6.74. The number of hydrogen-bond acceptors (Lipinski definition) is 2. The summed E-state index contributed by atoms with van der Waals surface area (Å²) in [5, 5.41) is 0. The van der Waals surface area contributed by atoms with E-state index < -0.39 is 0 Å². The van der Waals surface area contributed by atoms with Gasteiger partial charge in [-0.15, -0.1) is 0 Å². The van der Waals surface area contributed by atoms with E-state index in [1.54, 1.807) is 0 Å². The topological polar surface area (TPSA) is 26.3 Å². The third-order valence-corrected chi connectivity index (χ3v) is 10.0. The highest BCUT2D eigenvalue weighted by atomic mass is 16.5. The van der Waals surface area contributed by atoms with Crippen LogP contribution in [0.2, 0.25) is 0 Å². The van der Waals surface area contributed by atoms with Gasteiger partial charge in [-0.2, -0.15) is 0 Å². The Kier molecular flexibility index (Phi) is 43.5. The van der Waals surface area contributed by atoms with Gasteiger partial charge in [-0.25, -0.2) is 0 Å². The summed E-state index contributed by atoms with van der Waals surface area (Å²) in [6, 6.07) is 0. The maximum absolute atomic E-state index is 12.0. The first-order valence-corrected chi connectivity index (χ1v) is 22.4. The first-order chi connectivity index (χ1) is 24.3. The van der Waals surface area contributed by atoms with Crippen LogP contribution in [-0.4, -0.2) is 12.6 Å². The summed E-state index contributed by atoms with van der Waals surface area (Å²) >= 11 is 0. The monoisotopic (exact) mass is 685 g/mol. The Balaban J connectivity index is 3.18. The van der Waals surface area contributed by atoms with Gasteiger partial charge in [-0.05, 0) is 44.9 Å². The molecule has 0 atom stereocenters. The molecule has 288 valence electrons. The summed E-state index contributed by atoms with van der Waals surface area (Å²) in [4.78, 5) is 12.0. The van der Waals surface area contributed by atoms with Crippen LogP contribution in [0.25, 0.3) is 0 Å². The highest BCUT2D eigenvalue weighted by Gasteiger charge is 2.03.